The highest BCUT2D eigenvalue weighted by atomic mass is 16.5. The van der Waals surface area contributed by atoms with Crippen molar-refractivity contribution in [2.75, 3.05) is 17.7 Å². The quantitative estimate of drug-likeness (QED) is 0.636. The van der Waals surface area contributed by atoms with Gasteiger partial charge in [-0.05, 0) is 23.1 Å². The summed E-state index contributed by atoms with van der Waals surface area (Å²) < 4.78 is 5.40. The minimum absolute atomic E-state index is 0.0432. The van der Waals surface area contributed by atoms with E-state index in [4.69, 9.17) is 4.74 Å². The van der Waals surface area contributed by atoms with Crippen LogP contribution in [0.5, 0.6) is 5.75 Å². The van der Waals surface area contributed by atoms with E-state index in [9.17, 15) is 0 Å². The molecule has 1 heterocycles. The highest BCUT2D eigenvalue weighted by Crippen LogP contribution is 2.31. The van der Waals surface area contributed by atoms with E-state index in [0.717, 1.165) is 28.6 Å². The van der Waals surface area contributed by atoms with Crippen molar-refractivity contribution >= 4 is 17.3 Å². The molecule has 0 amide bonds. The largest absolute Gasteiger partial charge is 0.496 e. The number of anilines is 3. The Bertz CT molecular complexity index is 903. The molecule has 0 saturated heterocycles. The zero-order valence-electron chi connectivity index (χ0n) is 16.3. The summed E-state index contributed by atoms with van der Waals surface area (Å²) in [4.78, 5) is 8.68. The predicted octanol–water partition coefficient (Wildman–Crippen LogP) is 5.14. The van der Waals surface area contributed by atoms with Gasteiger partial charge in [-0.25, -0.2) is 9.97 Å². The van der Waals surface area contributed by atoms with Gasteiger partial charge in [0, 0.05) is 23.9 Å². The molecule has 2 aromatic carbocycles. The number of para-hydroxylation sites is 2. The van der Waals surface area contributed by atoms with Crippen LogP contribution < -0.4 is 15.4 Å². The fraction of sp³-hybridized carbons (Fsp3) is 0.273. The van der Waals surface area contributed by atoms with Crippen LogP contribution in [0.4, 0.5) is 17.3 Å². The molecule has 5 nitrogen and oxygen atoms in total. The van der Waals surface area contributed by atoms with Gasteiger partial charge in [0.2, 0.25) is 0 Å². The monoisotopic (exact) mass is 362 g/mol. The smallest absolute Gasteiger partial charge is 0.135 e. The third-order valence-electron chi connectivity index (χ3n) is 4.32. The second kappa shape index (κ2) is 8.08. The molecule has 140 valence electrons. The van der Waals surface area contributed by atoms with Crippen molar-refractivity contribution in [1.29, 1.82) is 0 Å². The maximum absolute atomic E-state index is 5.40. The number of rotatable bonds is 6. The molecule has 27 heavy (non-hydrogen) atoms. The second-order valence-corrected chi connectivity index (χ2v) is 7.37. The van der Waals surface area contributed by atoms with Gasteiger partial charge in [0.05, 0.1) is 7.11 Å². The summed E-state index contributed by atoms with van der Waals surface area (Å²) in [5, 5.41) is 6.76. The van der Waals surface area contributed by atoms with Crippen molar-refractivity contribution in [2.24, 2.45) is 0 Å². The van der Waals surface area contributed by atoms with Crippen LogP contribution in [0.2, 0.25) is 0 Å². The van der Waals surface area contributed by atoms with Crippen LogP contribution in [-0.4, -0.2) is 17.1 Å². The van der Waals surface area contributed by atoms with Gasteiger partial charge in [0.25, 0.3) is 0 Å². The third-order valence-corrected chi connectivity index (χ3v) is 4.32. The maximum atomic E-state index is 5.40. The zero-order chi connectivity index (χ0) is 19.3. The summed E-state index contributed by atoms with van der Waals surface area (Å²) in [6.45, 7) is 7.23. The van der Waals surface area contributed by atoms with E-state index in [1.54, 1.807) is 13.4 Å². The van der Waals surface area contributed by atoms with Gasteiger partial charge in [0.15, 0.2) is 0 Å². The summed E-state index contributed by atoms with van der Waals surface area (Å²) in [6.07, 6.45) is 1.56. The number of hydrogen-bond acceptors (Lipinski definition) is 5. The van der Waals surface area contributed by atoms with Crippen LogP contribution in [0.15, 0.2) is 60.9 Å². The topological polar surface area (TPSA) is 59.1 Å². The Morgan fingerprint density at radius 1 is 0.926 bits per heavy atom. The summed E-state index contributed by atoms with van der Waals surface area (Å²) in [7, 11) is 1.68. The first-order chi connectivity index (χ1) is 13.0. The van der Waals surface area contributed by atoms with Gasteiger partial charge in [-0.2, -0.15) is 0 Å². The van der Waals surface area contributed by atoms with Gasteiger partial charge in [0.1, 0.15) is 23.7 Å². The van der Waals surface area contributed by atoms with Crippen LogP contribution in [-0.2, 0) is 12.0 Å². The fourth-order valence-corrected chi connectivity index (χ4v) is 2.94. The van der Waals surface area contributed by atoms with E-state index < -0.39 is 0 Å². The van der Waals surface area contributed by atoms with Gasteiger partial charge in [-0.15, -0.1) is 0 Å². The highest BCUT2D eigenvalue weighted by Gasteiger charge is 2.17. The number of ether oxygens (including phenoxy) is 1. The number of methoxy groups -OCH3 is 1. The lowest BCUT2D eigenvalue weighted by Gasteiger charge is -2.23. The molecule has 3 aromatic rings. The average molecular weight is 362 g/mol. The normalized spacial score (nSPS) is 11.1. The Kier molecular flexibility index (Phi) is 5.60. The Labute approximate surface area is 160 Å². The standard InChI is InChI=1S/C22H26N4O/c1-22(2,3)17-10-6-7-11-18(17)26-21-13-20(24-15-25-21)23-14-16-9-5-8-12-19(16)27-4/h5-13,15H,14H2,1-4H3,(H2,23,24,25,26). The van der Waals surface area contributed by atoms with E-state index >= 15 is 0 Å². The van der Waals surface area contributed by atoms with E-state index in [2.05, 4.69) is 59.6 Å². The van der Waals surface area contributed by atoms with Crippen LogP contribution in [0, 0.1) is 0 Å². The summed E-state index contributed by atoms with van der Waals surface area (Å²) in [6, 6.07) is 18.2. The summed E-state index contributed by atoms with van der Waals surface area (Å²) in [5.41, 5.74) is 3.42. The van der Waals surface area contributed by atoms with Crippen LogP contribution in [0.25, 0.3) is 0 Å². The molecule has 0 unspecified atom stereocenters. The van der Waals surface area contributed by atoms with Crippen molar-refractivity contribution in [3.05, 3.63) is 72.1 Å². The van der Waals surface area contributed by atoms with Crippen molar-refractivity contribution < 1.29 is 4.74 Å². The van der Waals surface area contributed by atoms with Crippen molar-refractivity contribution in [3.8, 4) is 5.75 Å². The Balaban J connectivity index is 1.75. The molecule has 0 spiro atoms. The SMILES string of the molecule is COc1ccccc1CNc1cc(Nc2ccccc2C(C)(C)C)ncn1. The van der Waals surface area contributed by atoms with Crippen LogP contribution in [0.1, 0.15) is 31.9 Å². The van der Waals surface area contributed by atoms with Crippen molar-refractivity contribution in [3.63, 3.8) is 0 Å². The Hall–Kier alpha value is -3.08. The molecular weight excluding hydrogens is 336 g/mol. The number of hydrogen-bond donors (Lipinski definition) is 2. The number of nitrogens with one attached hydrogen (secondary N) is 2. The molecule has 0 fully saturated rings. The summed E-state index contributed by atoms with van der Waals surface area (Å²) >= 11 is 0. The van der Waals surface area contributed by atoms with Gasteiger partial charge in [-0.1, -0.05) is 57.2 Å². The molecule has 0 radical (unpaired) electrons. The number of benzene rings is 2. The number of nitrogens with zero attached hydrogens (tertiary/aromatic N) is 2. The van der Waals surface area contributed by atoms with E-state index in [1.807, 2.05) is 36.4 Å². The molecule has 3 rings (SSSR count). The lowest BCUT2D eigenvalue weighted by Crippen LogP contribution is -2.13. The molecular formula is C22H26N4O. The van der Waals surface area contributed by atoms with E-state index in [0.29, 0.717) is 6.54 Å². The predicted molar refractivity (Wildman–Crippen MR) is 111 cm³/mol. The van der Waals surface area contributed by atoms with Gasteiger partial charge >= 0.3 is 0 Å². The van der Waals surface area contributed by atoms with Crippen LogP contribution in [0.3, 0.4) is 0 Å². The molecule has 0 aliphatic heterocycles. The lowest BCUT2D eigenvalue weighted by molar-refractivity contribution is 0.410. The first kappa shape index (κ1) is 18.7. The maximum Gasteiger partial charge on any atom is 0.135 e. The molecule has 1 aromatic heterocycles. The first-order valence-corrected chi connectivity index (χ1v) is 9.02. The van der Waals surface area contributed by atoms with Crippen molar-refractivity contribution in [1.82, 2.24) is 9.97 Å². The third kappa shape index (κ3) is 4.76. The first-order valence-electron chi connectivity index (χ1n) is 9.02. The molecule has 2 N–H and O–H groups in total. The zero-order valence-corrected chi connectivity index (χ0v) is 16.3. The fourth-order valence-electron chi connectivity index (χ4n) is 2.94. The van der Waals surface area contributed by atoms with E-state index in [-0.39, 0.29) is 5.41 Å². The van der Waals surface area contributed by atoms with E-state index in [1.165, 1.54) is 5.56 Å². The van der Waals surface area contributed by atoms with Crippen LogP contribution >= 0.6 is 0 Å². The second-order valence-electron chi connectivity index (χ2n) is 7.37. The Morgan fingerprint density at radius 2 is 1.63 bits per heavy atom. The number of aromatic nitrogens is 2. The minimum Gasteiger partial charge on any atom is -0.496 e. The minimum atomic E-state index is 0.0432. The van der Waals surface area contributed by atoms with Crippen molar-refractivity contribution in [2.45, 2.75) is 32.7 Å². The summed E-state index contributed by atoms with van der Waals surface area (Å²) in [5.74, 6) is 2.37. The lowest BCUT2D eigenvalue weighted by atomic mass is 9.86. The highest BCUT2D eigenvalue weighted by molar-refractivity contribution is 5.63. The molecule has 0 aliphatic carbocycles. The molecule has 0 saturated carbocycles. The molecule has 0 aliphatic rings. The average Bonchev–Trinajstić information content (AvgIpc) is 2.66. The van der Waals surface area contributed by atoms with Gasteiger partial charge < -0.3 is 15.4 Å². The van der Waals surface area contributed by atoms with Gasteiger partial charge in [-0.3, -0.25) is 0 Å². The Morgan fingerprint density at radius 3 is 2.41 bits per heavy atom. The molecule has 0 atom stereocenters. The molecule has 5 heteroatoms. The molecule has 0 bridgehead atoms.